The Morgan fingerprint density at radius 3 is 1.63 bits per heavy atom. The molecule has 4 unspecified atom stereocenters. The largest absolute Gasteiger partial charge is 0.466 e. The van der Waals surface area contributed by atoms with Crippen LogP contribution in [0.1, 0.15) is 181 Å². The third-order valence-corrected chi connectivity index (χ3v) is 10.4. The molecule has 41 heavy (non-hydrogen) atoms. The van der Waals surface area contributed by atoms with Crippen molar-refractivity contribution >= 4 is 5.97 Å². The van der Waals surface area contributed by atoms with Crippen molar-refractivity contribution in [3.63, 3.8) is 0 Å². The highest BCUT2D eigenvalue weighted by Gasteiger charge is 2.45. The number of unbranched alkanes of at least 4 members (excludes halogenated alkanes) is 14. The molecule has 2 aliphatic carbocycles. The summed E-state index contributed by atoms with van der Waals surface area (Å²) in [7, 11) is 4.11. The van der Waals surface area contributed by atoms with E-state index in [1.165, 1.54) is 148 Å². The average Bonchev–Trinajstić information content (AvgIpc) is 3.87. The minimum Gasteiger partial charge on any atom is -0.466 e. The zero-order valence-electron chi connectivity index (χ0n) is 28.4. The average molecular weight is 576 g/mol. The molecule has 3 heteroatoms. The van der Waals surface area contributed by atoms with Crippen LogP contribution in [0.25, 0.3) is 0 Å². The van der Waals surface area contributed by atoms with E-state index in [9.17, 15) is 4.79 Å². The summed E-state index contributed by atoms with van der Waals surface area (Å²) in [4.78, 5) is 14.0. The van der Waals surface area contributed by atoms with Crippen LogP contribution in [0.2, 0.25) is 0 Å². The van der Waals surface area contributed by atoms with Crippen molar-refractivity contribution < 1.29 is 9.53 Å². The topological polar surface area (TPSA) is 29.5 Å². The van der Waals surface area contributed by atoms with Gasteiger partial charge in [-0.1, -0.05) is 136 Å². The van der Waals surface area contributed by atoms with Crippen LogP contribution >= 0.6 is 0 Å². The lowest BCUT2D eigenvalue weighted by molar-refractivity contribution is -0.144. The first kappa shape index (κ1) is 36.6. The number of ether oxygens (including phenoxy) is 1. The number of esters is 1. The zero-order chi connectivity index (χ0) is 29.5. The van der Waals surface area contributed by atoms with E-state index in [1.54, 1.807) is 0 Å². The van der Waals surface area contributed by atoms with Crippen LogP contribution in [-0.4, -0.2) is 38.1 Å². The van der Waals surface area contributed by atoms with Gasteiger partial charge >= 0.3 is 5.97 Å². The fraction of sp³-hybridized carbons (Fsp3) is 0.974. The second-order valence-electron chi connectivity index (χ2n) is 14.6. The van der Waals surface area contributed by atoms with Crippen LogP contribution in [-0.2, 0) is 9.53 Å². The van der Waals surface area contributed by atoms with E-state index in [4.69, 9.17) is 4.74 Å². The summed E-state index contributed by atoms with van der Waals surface area (Å²) in [6, 6.07) is 0. The molecule has 0 bridgehead atoms. The summed E-state index contributed by atoms with van der Waals surface area (Å²) < 4.78 is 5.51. The highest BCUT2D eigenvalue weighted by Crippen LogP contribution is 2.54. The van der Waals surface area contributed by atoms with Gasteiger partial charge in [-0.2, -0.15) is 0 Å². The maximum absolute atomic E-state index is 11.9. The zero-order valence-corrected chi connectivity index (χ0v) is 28.4. The SMILES string of the molecule is CCCCCCCCCCC(CCCCCCCCCC)CCC1CC1CC1CC1CCOC(=O)CCCN(C)C. The molecular formula is C38H73NO2. The molecule has 0 saturated heterocycles. The first-order valence-corrected chi connectivity index (χ1v) is 18.8. The molecule has 0 aromatic heterocycles. The van der Waals surface area contributed by atoms with Crippen LogP contribution in [0.3, 0.4) is 0 Å². The lowest BCUT2D eigenvalue weighted by Crippen LogP contribution is -2.15. The van der Waals surface area contributed by atoms with Gasteiger partial charge in [-0.05, 0) is 88.8 Å². The van der Waals surface area contributed by atoms with Crippen molar-refractivity contribution in [2.24, 2.45) is 29.6 Å². The van der Waals surface area contributed by atoms with Gasteiger partial charge in [0.1, 0.15) is 0 Å². The van der Waals surface area contributed by atoms with E-state index in [-0.39, 0.29) is 5.97 Å². The molecule has 3 nitrogen and oxygen atoms in total. The predicted octanol–water partition coefficient (Wildman–Crippen LogP) is 11.4. The van der Waals surface area contributed by atoms with Crippen molar-refractivity contribution in [2.45, 2.75) is 181 Å². The Balaban J connectivity index is 1.54. The number of hydrogen-bond donors (Lipinski definition) is 0. The highest BCUT2D eigenvalue weighted by molar-refractivity contribution is 5.69. The Labute approximate surface area is 257 Å². The lowest BCUT2D eigenvalue weighted by Gasteiger charge is -2.17. The quantitative estimate of drug-likeness (QED) is 0.0630. The predicted molar refractivity (Wildman–Crippen MR) is 178 cm³/mol. The Kier molecular flexibility index (Phi) is 21.3. The minimum atomic E-state index is -0.000177. The molecule has 0 heterocycles. The summed E-state index contributed by atoms with van der Waals surface area (Å²) >= 11 is 0. The standard InChI is InChI=1S/C38H73NO2/c1-5-7-9-11-13-15-17-19-22-33(23-20-18-16-14-12-10-8-6-2)25-26-34-30-36(34)32-37-31-35(37)27-29-41-38(40)24-21-28-39(3)4/h33-37H,5-32H2,1-4H3. The molecule has 2 fully saturated rings. The third kappa shape index (κ3) is 20.1. The first-order chi connectivity index (χ1) is 20.0. The maximum Gasteiger partial charge on any atom is 0.305 e. The number of nitrogens with zero attached hydrogens (tertiary/aromatic N) is 1. The normalized spacial score (nSPS) is 21.6. The van der Waals surface area contributed by atoms with E-state index in [1.807, 2.05) is 0 Å². The maximum atomic E-state index is 11.9. The second kappa shape index (κ2) is 23.8. The van der Waals surface area contributed by atoms with Crippen LogP contribution < -0.4 is 0 Å². The Bertz CT molecular complexity index is 599. The monoisotopic (exact) mass is 576 g/mol. The number of carbonyl (C=O) groups is 1. The highest BCUT2D eigenvalue weighted by atomic mass is 16.5. The van der Waals surface area contributed by atoms with Gasteiger partial charge in [0.15, 0.2) is 0 Å². The molecule has 0 aromatic carbocycles. The van der Waals surface area contributed by atoms with Crippen LogP contribution in [0.15, 0.2) is 0 Å². The Morgan fingerprint density at radius 2 is 1.12 bits per heavy atom. The summed E-state index contributed by atoms with van der Waals surface area (Å²) in [5.41, 5.74) is 0. The lowest BCUT2D eigenvalue weighted by atomic mass is 9.89. The fourth-order valence-corrected chi connectivity index (χ4v) is 7.25. The second-order valence-corrected chi connectivity index (χ2v) is 14.6. The van der Waals surface area contributed by atoms with Crippen molar-refractivity contribution in [1.29, 1.82) is 0 Å². The Hall–Kier alpha value is -0.570. The number of hydrogen-bond acceptors (Lipinski definition) is 3. The number of rotatable bonds is 30. The first-order valence-electron chi connectivity index (χ1n) is 18.8. The molecule has 4 atom stereocenters. The van der Waals surface area contributed by atoms with Crippen LogP contribution in [0.5, 0.6) is 0 Å². The van der Waals surface area contributed by atoms with Gasteiger partial charge in [-0.3, -0.25) is 4.79 Å². The van der Waals surface area contributed by atoms with Crippen molar-refractivity contribution in [1.82, 2.24) is 4.90 Å². The molecule has 242 valence electrons. The van der Waals surface area contributed by atoms with Crippen LogP contribution in [0.4, 0.5) is 0 Å². The molecule has 2 rings (SSSR count). The van der Waals surface area contributed by atoms with Gasteiger partial charge in [-0.25, -0.2) is 0 Å². The molecule has 0 radical (unpaired) electrons. The van der Waals surface area contributed by atoms with E-state index in [0.717, 1.165) is 49.0 Å². The molecular weight excluding hydrogens is 502 g/mol. The number of carbonyl (C=O) groups excluding carboxylic acids is 1. The Morgan fingerprint density at radius 1 is 0.634 bits per heavy atom. The van der Waals surface area contributed by atoms with E-state index >= 15 is 0 Å². The van der Waals surface area contributed by atoms with Gasteiger partial charge in [-0.15, -0.1) is 0 Å². The third-order valence-electron chi connectivity index (χ3n) is 10.4. The fourth-order valence-electron chi connectivity index (χ4n) is 7.25. The summed E-state index contributed by atoms with van der Waals surface area (Å²) in [6.07, 6.45) is 36.1. The molecule has 2 aliphatic rings. The van der Waals surface area contributed by atoms with Gasteiger partial charge in [0.25, 0.3) is 0 Å². The van der Waals surface area contributed by atoms with Crippen molar-refractivity contribution in [3.05, 3.63) is 0 Å². The van der Waals surface area contributed by atoms with E-state index in [0.29, 0.717) is 13.0 Å². The van der Waals surface area contributed by atoms with Crippen molar-refractivity contribution in [2.75, 3.05) is 27.2 Å². The van der Waals surface area contributed by atoms with E-state index < -0.39 is 0 Å². The summed E-state index contributed by atoms with van der Waals surface area (Å²) in [6.45, 7) is 6.24. The summed E-state index contributed by atoms with van der Waals surface area (Å²) in [5.74, 6) is 4.82. The molecule has 0 amide bonds. The molecule has 0 aliphatic heterocycles. The van der Waals surface area contributed by atoms with E-state index in [2.05, 4.69) is 32.8 Å². The van der Waals surface area contributed by atoms with Gasteiger partial charge < -0.3 is 9.64 Å². The van der Waals surface area contributed by atoms with Gasteiger partial charge in [0, 0.05) is 6.42 Å². The van der Waals surface area contributed by atoms with Crippen LogP contribution in [0, 0.1) is 29.6 Å². The molecule has 0 spiro atoms. The molecule has 0 N–H and O–H groups in total. The van der Waals surface area contributed by atoms with Crippen molar-refractivity contribution in [3.8, 4) is 0 Å². The van der Waals surface area contributed by atoms with Gasteiger partial charge in [0.2, 0.25) is 0 Å². The minimum absolute atomic E-state index is 0.000177. The molecule has 0 aromatic rings. The molecule has 2 saturated carbocycles. The van der Waals surface area contributed by atoms with Gasteiger partial charge in [0.05, 0.1) is 6.61 Å². The summed E-state index contributed by atoms with van der Waals surface area (Å²) in [5, 5.41) is 0. The smallest absolute Gasteiger partial charge is 0.305 e.